The van der Waals surface area contributed by atoms with E-state index in [9.17, 15) is 0 Å². The summed E-state index contributed by atoms with van der Waals surface area (Å²) < 4.78 is 3.29. The van der Waals surface area contributed by atoms with E-state index >= 15 is 0 Å². The second-order valence-electron chi connectivity index (χ2n) is 3.95. The third kappa shape index (κ3) is 9.69. The van der Waals surface area contributed by atoms with Crippen LogP contribution in [0, 0.1) is 0 Å². The number of hydrogen-bond donors (Lipinski definition) is 0. The van der Waals surface area contributed by atoms with Crippen molar-refractivity contribution >= 4 is 27.3 Å². The number of hydrogen-bond acceptors (Lipinski definition) is 1. The molecule has 0 rings (SSSR count). The van der Waals surface area contributed by atoms with Gasteiger partial charge in [0.15, 0.2) is 0 Å². The van der Waals surface area contributed by atoms with E-state index in [1.165, 1.54) is 44.3 Å². The Kier molecular flexibility index (Phi) is 13.2. The fourth-order valence-corrected chi connectivity index (χ4v) is 15.5. The van der Waals surface area contributed by atoms with E-state index in [1.807, 2.05) is 0 Å². The zero-order valence-electron chi connectivity index (χ0n) is 10.3. The first kappa shape index (κ1) is 15.1. The Balaban J connectivity index is 3.49. The van der Waals surface area contributed by atoms with Gasteiger partial charge in [0.25, 0.3) is 0 Å². The Labute approximate surface area is 101 Å². The van der Waals surface area contributed by atoms with Crippen molar-refractivity contribution in [2.24, 2.45) is 0 Å². The molecule has 0 aromatic carbocycles. The first-order valence-corrected chi connectivity index (χ1v) is 14.8. The molecule has 0 heterocycles. The van der Waals surface area contributed by atoms with Gasteiger partial charge in [-0.05, 0) is 0 Å². The summed E-state index contributed by atoms with van der Waals surface area (Å²) in [5.41, 5.74) is 0. The molecule has 2 heteroatoms. The van der Waals surface area contributed by atoms with Crippen LogP contribution in [-0.4, -0.2) is 24.1 Å². The van der Waals surface area contributed by atoms with Gasteiger partial charge < -0.3 is 0 Å². The first-order valence-electron chi connectivity index (χ1n) is 6.32. The molecule has 0 aliphatic rings. The monoisotopic (exact) mass is 323 g/mol. The van der Waals surface area contributed by atoms with E-state index in [2.05, 4.69) is 29.7 Å². The minimum absolute atomic E-state index is 0.943. The molecule has 0 saturated carbocycles. The molecule has 85 valence electrons. The maximum absolute atomic E-state index is 2.42. The van der Waals surface area contributed by atoms with Crippen molar-refractivity contribution in [2.75, 3.05) is 5.75 Å². The van der Waals surface area contributed by atoms with Gasteiger partial charge in [-0.2, -0.15) is 0 Å². The summed E-state index contributed by atoms with van der Waals surface area (Å²) in [6, 6.07) is 0. The molecule has 0 spiro atoms. The van der Waals surface area contributed by atoms with Crippen LogP contribution in [0.25, 0.3) is 0 Å². The second kappa shape index (κ2) is 12.2. The van der Waals surface area contributed by atoms with Crippen molar-refractivity contribution < 1.29 is 0 Å². The molecule has 0 unspecified atom stereocenters. The summed E-state index contributed by atoms with van der Waals surface area (Å²) in [4.78, 5) is 0. The van der Waals surface area contributed by atoms with Gasteiger partial charge in [-0.1, -0.05) is 0 Å². The van der Waals surface area contributed by atoms with Crippen molar-refractivity contribution in [2.45, 2.75) is 68.2 Å². The van der Waals surface area contributed by atoms with Gasteiger partial charge in [0, 0.05) is 0 Å². The maximum atomic E-state index is 2.42. The summed E-state index contributed by atoms with van der Waals surface area (Å²) in [6.07, 6.45) is 8.67. The van der Waals surface area contributed by atoms with Crippen LogP contribution in [0.1, 0.15) is 59.3 Å². The number of rotatable bonds is 10. The average molecular weight is 322 g/mol. The van der Waals surface area contributed by atoms with E-state index in [-0.39, 0.29) is 0 Å². The fraction of sp³-hybridized carbons (Fsp3) is 1.00. The fourth-order valence-electron chi connectivity index (χ4n) is 1.38. The molecular formula is C12H27SSn. The Morgan fingerprint density at radius 2 is 1.29 bits per heavy atom. The van der Waals surface area contributed by atoms with E-state index in [1.54, 1.807) is 8.87 Å². The molecule has 0 fully saturated rings. The van der Waals surface area contributed by atoms with E-state index < -0.39 is 18.4 Å². The normalized spacial score (nSPS) is 11.1. The van der Waals surface area contributed by atoms with Gasteiger partial charge in [0.1, 0.15) is 0 Å². The van der Waals surface area contributed by atoms with Crippen LogP contribution >= 0.6 is 8.95 Å². The molecule has 0 nitrogen and oxygen atoms in total. The van der Waals surface area contributed by atoms with Crippen LogP contribution in [0.15, 0.2) is 0 Å². The Morgan fingerprint density at radius 3 is 1.71 bits per heavy atom. The van der Waals surface area contributed by atoms with Gasteiger partial charge in [0.05, 0.1) is 0 Å². The summed E-state index contributed by atoms with van der Waals surface area (Å²) >= 11 is -0.943. The average Bonchev–Trinajstić information content (AvgIpc) is 2.21. The van der Waals surface area contributed by atoms with Gasteiger partial charge >= 0.3 is 101 Å². The summed E-state index contributed by atoms with van der Waals surface area (Å²) in [7, 11) is 2.42. The minimum atomic E-state index is -0.943. The van der Waals surface area contributed by atoms with Crippen LogP contribution in [0.3, 0.4) is 0 Å². The van der Waals surface area contributed by atoms with Crippen molar-refractivity contribution in [3.05, 3.63) is 0 Å². The molecule has 0 aromatic rings. The molecular weight excluding hydrogens is 295 g/mol. The van der Waals surface area contributed by atoms with Crippen LogP contribution in [0.5, 0.6) is 0 Å². The molecule has 0 aromatic heterocycles. The van der Waals surface area contributed by atoms with E-state index in [0.29, 0.717) is 0 Å². The predicted octanol–water partition coefficient (Wildman–Crippen LogP) is 5.11. The van der Waals surface area contributed by atoms with Crippen LogP contribution in [0.4, 0.5) is 0 Å². The zero-order chi connectivity index (χ0) is 10.6. The molecule has 14 heavy (non-hydrogen) atoms. The van der Waals surface area contributed by atoms with E-state index in [0.717, 1.165) is 0 Å². The third-order valence-corrected chi connectivity index (χ3v) is 16.5. The topological polar surface area (TPSA) is 0 Å². The van der Waals surface area contributed by atoms with Gasteiger partial charge in [0.2, 0.25) is 0 Å². The van der Waals surface area contributed by atoms with Gasteiger partial charge in [-0.3, -0.25) is 0 Å². The summed E-state index contributed by atoms with van der Waals surface area (Å²) in [5.74, 6) is 1.47. The molecule has 0 N–H and O–H groups in total. The number of unbranched alkanes of at least 4 members (excludes halogenated alkanes) is 3. The molecule has 0 saturated heterocycles. The molecule has 0 atom stereocenters. The summed E-state index contributed by atoms with van der Waals surface area (Å²) in [6.45, 7) is 6.97. The SMILES string of the molecule is CCCC[S][Sn]([CH2]CCC)[CH2]CCC. The Bertz CT molecular complexity index is 98.5. The van der Waals surface area contributed by atoms with Crippen molar-refractivity contribution in [3.8, 4) is 0 Å². The molecule has 0 aliphatic carbocycles. The quantitative estimate of drug-likeness (QED) is 0.398. The van der Waals surface area contributed by atoms with Crippen LogP contribution < -0.4 is 0 Å². The Hall–Kier alpha value is 1.15. The van der Waals surface area contributed by atoms with Crippen LogP contribution in [-0.2, 0) is 0 Å². The van der Waals surface area contributed by atoms with Crippen molar-refractivity contribution in [1.29, 1.82) is 0 Å². The van der Waals surface area contributed by atoms with Crippen molar-refractivity contribution in [3.63, 3.8) is 0 Å². The predicted molar refractivity (Wildman–Crippen MR) is 72.6 cm³/mol. The molecule has 0 bridgehead atoms. The van der Waals surface area contributed by atoms with Crippen molar-refractivity contribution in [1.82, 2.24) is 0 Å². The van der Waals surface area contributed by atoms with Gasteiger partial charge in [-0.25, -0.2) is 0 Å². The Morgan fingerprint density at radius 1 is 0.786 bits per heavy atom. The van der Waals surface area contributed by atoms with Crippen LogP contribution in [0.2, 0.25) is 8.87 Å². The molecule has 0 aliphatic heterocycles. The first-order chi connectivity index (χ1) is 6.85. The van der Waals surface area contributed by atoms with E-state index in [4.69, 9.17) is 0 Å². The van der Waals surface area contributed by atoms with Gasteiger partial charge in [-0.15, -0.1) is 0 Å². The standard InChI is InChI=1S/C4H10S.2C4H9.Sn/c1-2-3-4-5;2*1-3-4-2;/h5H,2-4H2,1H3;2*1,3-4H2,2H3;/q;;;+1/p-1. The summed E-state index contributed by atoms with van der Waals surface area (Å²) in [5, 5.41) is 0. The zero-order valence-corrected chi connectivity index (χ0v) is 13.9. The third-order valence-electron chi connectivity index (χ3n) is 2.42. The second-order valence-corrected chi connectivity index (χ2v) is 16.9. The molecule has 1 radical (unpaired) electrons. The molecule has 0 amide bonds.